The Bertz CT molecular complexity index is 1540. The largest absolute Gasteiger partial charge is 0.472 e. The molecule has 0 radical (unpaired) electrons. The van der Waals surface area contributed by atoms with Gasteiger partial charge in [-0.15, -0.1) is 0 Å². The second kappa shape index (κ2) is 64.7. The highest BCUT2D eigenvalue weighted by atomic mass is 31.2. The molecule has 0 rings (SSSR count). The van der Waals surface area contributed by atoms with E-state index in [4.69, 9.17) is 9.05 Å². The number of phosphoric ester groups is 1. The van der Waals surface area contributed by atoms with Gasteiger partial charge in [0.1, 0.15) is 13.2 Å². The van der Waals surface area contributed by atoms with Crippen molar-refractivity contribution in [1.29, 1.82) is 0 Å². The van der Waals surface area contributed by atoms with Gasteiger partial charge in [-0.25, -0.2) is 4.57 Å². The van der Waals surface area contributed by atoms with E-state index in [-0.39, 0.29) is 19.1 Å². The first-order valence-corrected chi connectivity index (χ1v) is 37.7. The first-order chi connectivity index (χ1) is 40.5. The zero-order valence-corrected chi connectivity index (χ0v) is 56.8. The van der Waals surface area contributed by atoms with Gasteiger partial charge in [0, 0.05) is 6.42 Å². The van der Waals surface area contributed by atoms with Crippen LogP contribution in [0.2, 0.25) is 0 Å². The van der Waals surface area contributed by atoms with Crippen molar-refractivity contribution >= 4 is 13.7 Å². The Morgan fingerprint density at radius 2 is 0.699 bits per heavy atom. The standard InChI is InChI=1S/C74H141N2O6P/c1-6-8-10-12-14-16-18-20-22-24-26-28-30-32-34-36-38-40-42-44-46-48-50-52-54-56-58-60-62-64-66-68-74(78)75-72(71-82-83(79,80)81-70-69-76(3,4)5)73(77)67-65-63-61-59-57-55-53-51-49-47-45-43-41-39-37-35-33-31-29-27-25-23-21-19-17-15-13-11-9-7-2/h18,20,24,26,49,51,57,59,65,67,72-73,77H,6-17,19,21-23,25,27-48,50,52-56,58,60-64,66,68-71H2,1-5H3,(H-,75,78,79,80)/p+1/b20-18-,26-24-,51-49+,59-57+,67-65+. The van der Waals surface area contributed by atoms with Gasteiger partial charge in [0.25, 0.3) is 0 Å². The van der Waals surface area contributed by atoms with Gasteiger partial charge >= 0.3 is 7.82 Å². The Kier molecular flexibility index (Phi) is 63.3. The second-order valence-corrected chi connectivity index (χ2v) is 27.4. The van der Waals surface area contributed by atoms with Crippen LogP contribution < -0.4 is 5.32 Å². The van der Waals surface area contributed by atoms with E-state index in [1.165, 1.54) is 283 Å². The molecule has 3 atom stereocenters. The molecule has 1 amide bonds. The van der Waals surface area contributed by atoms with Crippen LogP contribution >= 0.6 is 7.82 Å². The maximum atomic E-state index is 13.1. The zero-order valence-electron chi connectivity index (χ0n) is 55.9. The van der Waals surface area contributed by atoms with E-state index in [1.807, 2.05) is 27.2 Å². The molecule has 3 N–H and O–H groups in total. The third kappa shape index (κ3) is 67.6. The highest BCUT2D eigenvalue weighted by Crippen LogP contribution is 2.43. The highest BCUT2D eigenvalue weighted by Gasteiger charge is 2.28. The lowest BCUT2D eigenvalue weighted by molar-refractivity contribution is -0.870. The van der Waals surface area contributed by atoms with Gasteiger partial charge in [0.2, 0.25) is 5.91 Å². The van der Waals surface area contributed by atoms with Crippen LogP contribution in [0.3, 0.4) is 0 Å². The van der Waals surface area contributed by atoms with Crippen LogP contribution in [0.25, 0.3) is 0 Å². The van der Waals surface area contributed by atoms with Crippen molar-refractivity contribution in [1.82, 2.24) is 5.32 Å². The number of likely N-dealkylation sites (N-methyl/N-ethyl adjacent to an activating group) is 1. The molecule has 0 aliphatic rings. The molecular weight excluding hydrogens is 1040 g/mol. The number of phosphoric acid groups is 1. The fraction of sp³-hybridized carbons (Fsp3) is 0.851. The van der Waals surface area contributed by atoms with Crippen LogP contribution in [0, 0.1) is 0 Å². The zero-order chi connectivity index (χ0) is 60.5. The van der Waals surface area contributed by atoms with Crippen LogP contribution in [-0.2, 0) is 18.4 Å². The van der Waals surface area contributed by atoms with Gasteiger partial charge in [0.05, 0.1) is 39.9 Å². The molecular formula is C74H142N2O6P+. The van der Waals surface area contributed by atoms with E-state index in [2.05, 4.69) is 67.8 Å². The van der Waals surface area contributed by atoms with Crippen LogP contribution in [0.15, 0.2) is 60.8 Å². The molecule has 0 aliphatic carbocycles. The maximum Gasteiger partial charge on any atom is 0.472 e. The molecule has 8 nitrogen and oxygen atoms in total. The summed E-state index contributed by atoms with van der Waals surface area (Å²) in [6.07, 6.45) is 89.6. The molecule has 3 unspecified atom stereocenters. The van der Waals surface area contributed by atoms with E-state index in [9.17, 15) is 19.4 Å². The SMILES string of the molecule is CCCCCCC/C=C\C/C=C\CCCCCCCCCCCCCCCCCCCCCC(=O)NC(COP(=O)(O)OCC[N+](C)(C)C)C(O)/C=C/CC/C=C/CC/C=C/CCCCCCCCCCCCCCCCCCCCCC. The fourth-order valence-corrected chi connectivity index (χ4v) is 11.6. The number of unbranched alkanes of at least 4 members (excludes halogenated alkanes) is 46. The molecule has 0 bridgehead atoms. The smallest absolute Gasteiger partial charge is 0.387 e. The van der Waals surface area contributed by atoms with E-state index < -0.39 is 20.0 Å². The first kappa shape index (κ1) is 81.2. The fourth-order valence-electron chi connectivity index (χ4n) is 10.8. The van der Waals surface area contributed by atoms with Crippen LogP contribution in [0.5, 0.6) is 0 Å². The van der Waals surface area contributed by atoms with Gasteiger partial charge in [0.15, 0.2) is 0 Å². The summed E-state index contributed by atoms with van der Waals surface area (Å²) in [5.41, 5.74) is 0. The molecule has 0 saturated carbocycles. The Balaban J connectivity index is 4.10. The summed E-state index contributed by atoms with van der Waals surface area (Å²) in [4.78, 5) is 23.4. The summed E-state index contributed by atoms with van der Waals surface area (Å²) in [5, 5.41) is 14.0. The molecule has 0 spiro atoms. The highest BCUT2D eigenvalue weighted by molar-refractivity contribution is 7.47. The van der Waals surface area contributed by atoms with Crippen LogP contribution in [0.4, 0.5) is 0 Å². The molecule has 0 aromatic heterocycles. The minimum atomic E-state index is -4.37. The lowest BCUT2D eigenvalue weighted by Crippen LogP contribution is -2.45. The number of rotatable bonds is 67. The number of aliphatic hydroxyl groups excluding tert-OH is 1. The van der Waals surface area contributed by atoms with Crippen molar-refractivity contribution in [2.75, 3.05) is 40.9 Å². The number of carbonyl (C=O) groups excluding carboxylic acids is 1. The Hall–Kier alpha value is -1.80. The van der Waals surface area contributed by atoms with Crippen molar-refractivity contribution in [2.24, 2.45) is 0 Å². The number of aliphatic hydroxyl groups is 1. The van der Waals surface area contributed by atoms with E-state index in [0.717, 1.165) is 51.4 Å². The Labute approximate surface area is 517 Å². The molecule has 0 fully saturated rings. The number of allylic oxidation sites excluding steroid dienone is 9. The average molecular weight is 1190 g/mol. The van der Waals surface area contributed by atoms with Crippen molar-refractivity contribution in [3.8, 4) is 0 Å². The number of carbonyl (C=O) groups is 1. The predicted octanol–water partition coefficient (Wildman–Crippen LogP) is 23.2. The summed E-state index contributed by atoms with van der Waals surface area (Å²) in [6.45, 7) is 4.82. The summed E-state index contributed by atoms with van der Waals surface area (Å²) in [5.74, 6) is -0.186. The van der Waals surface area contributed by atoms with Crippen LogP contribution in [0.1, 0.15) is 354 Å². The van der Waals surface area contributed by atoms with Gasteiger partial charge in [-0.3, -0.25) is 13.8 Å². The van der Waals surface area contributed by atoms with Gasteiger partial charge in [-0.2, -0.15) is 0 Å². The van der Waals surface area contributed by atoms with E-state index in [0.29, 0.717) is 17.4 Å². The normalized spacial score (nSPS) is 14.0. The Morgan fingerprint density at radius 1 is 0.410 bits per heavy atom. The average Bonchev–Trinajstić information content (AvgIpc) is 3.49. The number of amides is 1. The number of quaternary nitrogens is 1. The summed E-state index contributed by atoms with van der Waals surface area (Å²) >= 11 is 0. The summed E-state index contributed by atoms with van der Waals surface area (Å²) in [7, 11) is 1.56. The molecule has 0 saturated heterocycles. The third-order valence-corrected chi connectivity index (χ3v) is 17.4. The molecule has 0 aliphatic heterocycles. The van der Waals surface area contributed by atoms with Gasteiger partial charge in [-0.05, 0) is 77.0 Å². The van der Waals surface area contributed by atoms with Crippen molar-refractivity contribution in [3.63, 3.8) is 0 Å². The molecule has 83 heavy (non-hydrogen) atoms. The first-order valence-electron chi connectivity index (χ1n) is 36.2. The van der Waals surface area contributed by atoms with Crippen molar-refractivity contribution < 1.29 is 32.9 Å². The minimum absolute atomic E-state index is 0.0535. The molecule has 488 valence electrons. The number of hydrogen-bond donors (Lipinski definition) is 3. The van der Waals surface area contributed by atoms with Crippen molar-refractivity contribution in [3.05, 3.63) is 60.8 Å². The number of nitrogens with zero attached hydrogens (tertiary/aromatic N) is 1. The maximum absolute atomic E-state index is 13.1. The predicted molar refractivity (Wildman–Crippen MR) is 364 cm³/mol. The topological polar surface area (TPSA) is 105 Å². The second-order valence-electron chi connectivity index (χ2n) is 25.9. The summed E-state index contributed by atoms with van der Waals surface area (Å²) < 4.78 is 23.8. The summed E-state index contributed by atoms with van der Waals surface area (Å²) in [6, 6.07) is -0.873. The monoisotopic (exact) mass is 1190 g/mol. The number of nitrogens with one attached hydrogen (secondary N) is 1. The lowest BCUT2D eigenvalue weighted by Gasteiger charge is -2.25. The van der Waals surface area contributed by atoms with Gasteiger partial charge in [-0.1, -0.05) is 331 Å². The van der Waals surface area contributed by atoms with E-state index in [1.54, 1.807) is 6.08 Å². The van der Waals surface area contributed by atoms with E-state index >= 15 is 0 Å². The minimum Gasteiger partial charge on any atom is -0.387 e. The lowest BCUT2D eigenvalue weighted by atomic mass is 10.0. The van der Waals surface area contributed by atoms with Crippen LogP contribution in [-0.4, -0.2) is 73.4 Å². The Morgan fingerprint density at radius 3 is 1.04 bits per heavy atom. The quantitative estimate of drug-likeness (QED) is 0.0243. The van der Waals surface area contributed by atoms with Crippen molar-refractivity contribution in [2.45, 2.75) is 366 Å². The molecule has 0 aromatic carbocycles. The number of hydrogen-bond acceptors (Lipinski definition) is 5. The molecule has 0 aromatic rings. The van der Waals surface area contributed by atoms with Gasteiger partial charge < -0.3 is 19.8 Å². The third-order valence-electron chi connectivity index (χ3n) is 16.4. The molecule has 0 heterocycles. The molecule has 9 heteroatoms.